The highest BCUT2D eigenvalue weighted by atomic mass is 16.5. The molecule has 2 fully saturated rings. The van der Waals surface area contributed by atoms with Crippen molar-refractivity contribution in [1.29, 1.82) is 0 Å². The van der Waals surface area contributed by atoms with Crippen molar-refractivity contribution in [2.24, 2.45) is 17.6 Å². The maximum atomic E-state index is 12.9. The van der Waals surface area contributed by atoms with Crippen molar-refractivity contribution in [3.05, 3.63) is 29.8 Å². The molecule has 1 saturated heterocycles. The second-order valence-corrected chi connectivity index (χ2v) is 7.39. The van der Waals surface area contributed by atoms with E-state index in [0.717, 1.165) is 31.5 Å². The van der Waals surface area contributed by atoms with Crippen LogP contribution in [0.3, 0.4) is 0 Å². The summed E-state index contributed by atoms with van der Waals surface area (Å²) in [7, 11) is 0. The van der Waals surface area contributed by atoms with Crippen LogP contribution >= 0.6 is 0 Å². The number of ether oxygens (including phenoxy) is 1. The summed E-state index contributed by atoms with van der Waals surface area (Å²) in [6, 6.07) is 7.39. The van der Waals surface area contributed by atoms with E-state index in [1.807, 2.05) is 36.1 Å². The number of nitrogens with two attached hydrogens (primary N) is 1. The van der Waals surface area contributed by atoms with Gasteiger partial charge in [-0.25, -0.2) is 0 Å². The third kappa shape index (κ3) is 4.01. The van der Waals surface area contributed by atoms with Gasteiger partial charge in [0.05, 0.1) is 19.1 Å². The molecule has 1 heterocycles. The fraction of sp³-hybridized carbons (Fsp3) is 0.600. The number of fused-ring (bicyclic) bond motifs is 1. The fourth-order valence-corrected chi connectivity index (χ4v) is 4.35. The summed E-state index contributed by atoms with van der Waals surface area (Å²) in [5, 5.41) is 2.92. The summed E-state index contributed by atoms with van der Waals surface area (Å²) in [6.07, 6.45) is 2.41. The molecule has 1 aliphatic heterocycles. The summed E-state index contributed by atoms with van der Waals surface area (Å²) in [4.78, 5) is 26.5. The molecule has 0 radical (unpaired) electrons. The molecule has 26 heavy (non-hydrogen) atoms. The van der Waals surface area contributed by atoms with E-state index in [1.54, 1.807) is 0 Å². The number of hydrogen-bond acceptors (Lipinski definition) is 4. The van der Waals surface area contributed by atoms with Gasteiger partial charge in [0.25, 0.3) is 0 Å². The molecule has 142 valence electrons. The Kier molecular flexibility index (Phi) is 5.81. The van der Waals surface area contributed by atoms with Crippen LogP contribution in [0.1, 0.15) is 44.7 Å². The van der Waals surface area contributed by atoms with Gasteiger partial charge in [-0.1, -0.05) is 18.2 Å². The van der Waals surface area contributed by atoms with Crippen LogP contribution in [-0.2, 0) is 9.59 Å². The Balaban J connectivity index is 1.73. The Labute approximate surface area is 155 Å². The van der Waals surface area contributed by atoms with Gasteiger partial charge in [-0.2, -0.15) is 0 Å². The molecule has 1 aromatic carbocycles. The number of rotatable bonds is 6. The molecular weight excluding hydrogens is 330 g/mol. The first-order chi connectivity index (χ1) is 12.5. The molecule has 1 aliphatic carbocycles. The molecule has 3 rings (SSSR count). The predicted molar refractivity (Wildman–Crippen MR) is 99.6 cm³/mol. The summed E-state index contributed by atoms with van der Waals surface area (Å²) in [6.45, 7) is 5.45. The minimum absolute atomic E-state index is 0.0663. The summed E-state index contributed by atoms with van der Waals surface area (Å²) in [5.74, 6) is 1.57. The third-order valence-electron chi connectivity index (χ3n) is 5.62. The van der Waals surface area contributed by atoms with E-state index in [-0.39, 0.29) is 24.3 Å². The number of likely N-dealkylation sites (tertiary alicyclic amines) is 1. The van der Waals surface area contributed by atoms with E-state index in [2.05, 4.69) is 5.32 Å². The zero-order valence-electron chi connectivity index (χ0n) is 15.6. The first kappa shape index (κ1) is 18.7. The Morgan fingerprint density at radius 2 is 2.08 bits per heavy atom. The molecule has 3 N–H and O–H groups in total. The van der Waals surface area contributed by atoms with Gasteiger partial charge in [-0.15, -0.1) is 0 Å². The van der Waals surface area contributed by atoms with Crippen molar-refractivity contribution >= 4 is 11.8 Å². The van der Waals surface area contributed by atoms with Gasteiger partial charge >= 0.3 is 0 Å². The minimum atomic E-state index is -0.392. The van der Waals surface area contributed by atoms with Gasteiger partial charge in [-0.3, -0.25) is 9.59 Å². The lowest BCUT2D eigenvalue weighted by atomic mass is 9.98. The maximum absolute atomic E-state index is 12.9. The Hall–Kier alpha value is -2.08. The highest BCUT2D eigenvalue weighted by molar-refractivity contribution is 5.79. The molecule has 1 saturated carbocycles. The molecule has 0 bridgehead atoms. The van der Waals surface area contributed by atoms with Crippen molar-refractivity contribution in [1.82, 2.24) is 10.2 Å². The molecule has 6 nitrogen and oxygen atoms in total. The lowest BCUT2D eigenvalue weighted by Gasteiger charge is -2.24. The SMILES string of the molecule is CCOc1ccccc1C(CC(=O)N1CC2CCC(N)C2C1)NC(C)=O. The second-order valence-electron chi connectivity index (χ2n) is 7.39. The van der Waals surface area contributed by atoms with Crippen molar-refractivity contribution < 1.29 is 14.3 Å². The zero-order valence-corrected chi connectivity index (χ0v) is 15.6. The number of carbonyl (C=O) groups excluding carboxylic acids is 2. The lowest BCUT2D eigenvalue weighted by molar-refractivity contribution is -0.131. The zero-order chi connectivity index (χ0) is 18.7. The van der Waals surface area contributed by atoms with Gasteiger partial charge in [0.15, 0.2) is 0 Å². The number of hydrogen-bond donors (Lipinski definition) is 2. The van der Waals surface area contributed by atoms with Gasteiger partial charge in [-0.05, 0) is 37.7 Å². The molecule has 2 amide bonds. The van der Waals surface area contributed by atoms with Crippen LogP contribution in [0.2, 0.25) is 0 Å². The van der Waals surface area contributed by atoms with Crippen LogP contribution in [-0.4, -0.2) is 42.5 Å². The van der Waals surface area contributed by atoms with Crippen LogP contribution in [0.25, 0.3) is 0 Å². The quantitative estimate of drug-likeness (QED) is 0.812. The van der Waals surface area contributed by atoms with Crippen LogP contribution < -0.4 is 15.8 Å². The number of benzene rings is 1. The topological polar surface area (TPSA) is 84.7 Å². The van der Waals surface area contributed by atoms with E-state index in [9.17, 15) is 9.59 Å². The van der Waals surface area contributed by atoms with E-state index in [4.69, 9.17) is 10.5 Å². The van der Waals surface area contributed by atoms with Gasteiger partial charge < -0.3 is 20.7 Å². The summed E-state index contributed by atoms with van der Waals surface area (Å²) < 4.78 is 5.69. The van der Waals surface area contributed by atoms with Gasteiger partial charge in [0.1, 0.15) is 5.75 Å². The summed E-state index contributed by atoms with van der Waals surface area (Å²) in [5.41, 5.74) is 7.02. The van der Waals surface area contributed by atoms with Crippen LogP contribution in [0, 0.1) is 11.8 Å². The standard InChI is InChI=1S/C20H29N3O3/c1-3-26-19-7-5-4-6-15(19)18(22-13(2)24)10-20(25)23-11-14-8-9-17(21)16(14)12-23/h4-7,14,16-18H,3,8-12,21H2,1-2H3,(H,22,24). The van der Waals surface area contributed by atoms with Crippen molar-refractivity contribution in [2.75, 3.05) is 19.7 Å². The molecule has 4 atom stereocenters. The number of nitrogens with zero attached hydrogens (tertiary/aromatic N) is 1. The van der Waals surface area contributed by atoms with Crippen LogP contribution in [0.5, 0.6) is 5.75 Å². The Morgan fingerprint density at radius 3 is 2.77 bits per heavy atom. The average Bonchev–Trinajstić information content (AvgIpc) is 3.17. The number of carbonyl (C=O) groups is 2. The molecule has 0 spiro atoms. The average molecular weight is 359 g/mol. The van der Waals surface area contributed by atoms with Gasteiger partial charge in [0, 0.05) is 31.6 Å². The number of para-hydroxylation sites is 1. The monoisotopic (exact) mass is 359 g/mol. The minimum Gasteiger partial charge on any atom is -0.494 e. The molecule has 1 aromatic rings. The highest BCUT2D eigenvalue weighted by Crippen LogP contribution is 2.38. The van der Waals surface area contributed by atoms with Crippen LogP contribution in [0.15, 0.2) is 24.3 Å². The fourth-order valence-electron chi connectivity index (χ4n) is 4.35. The molecular formula is C20H29N3O3. The molecule has 0 aromatic heterocycles. The van der Waals surface area contributed by atoms with Crippen molar-refractivity contribution in [2.45, 2.75) is 45.2 Å². The summed E-state index contributed by atoms with van der Waals surface area (Å²) >= 11 is 0. The second kappa shape index (κ2) is 8.08. The van der Waals surface area contributed by atoms with Crippen molar-refractivity contribution in [3.8, 4) is 5.75 Å². The maximum Gasteiger partial charge on any atom is 0.225 e. The first-order valence-corrected chi connectivity index (χ1v) is 9.51. The van der Waals surface area contributed by atoms with Gasteiger partial charge in [0.2, 0.25) is 11.8 Å². The van der Waals surface area contributed by atoms with Crippen molar-refractivity contribution in [3.63, 3.8) is 0 Å². The first-order valence-electron chi connectivity index (χ1n) is 9.51. The molecule has 6 heteroatoms. The normalized spacial score (nSPS) is 25.7. The van der Waals surface area contributed by atoms with E-state index in [0.29, 0.717) is 24.2 Å². The Morgan fingerprint density at radius 1 is 1.31 bits per heavy atom. The smallest absolute Gasteiger partial charge is 0.225 e. The van der Waals surface area contributed by atoms with E-state index in [1.165, 1.54) is 6.92 Å². The Bertz CT molecular complexity index is 663. The van der Waals surface area contributed by atoms with Crippen LogP contribution in [0.4, 0.5) is 0 Å². The molecule has 4 unspecified atom stereocenters. The van der Waals surface area contributed by atoms with E-state index < -0.39 is 6.04 Å². The lowest BCUT2D eigenvalue weighted by Crippen LogP contribution is -2.36. The largest absolute Gasteiger partial charge is 0.494 e. The predicted octanol–water partition coefficient (Wildman–Crippen LogP) is 1.85. The van der Waals surface area contributed by atoms with E-state index >= 15 is 0 Å². The number of amides is 2. The molecule has 2 aliphatic rings. The third-order valence-corrected chi connectivity index (χ3v) is 5.62. The number of nitrogens with one attached hydrogen (secondary N) is 1. The highest BCUT2D eigenvalue weighted by Gasteiger charge is 2.42.